The van der Waals surface area contributed by atoms with Crippen molar-refractivity contribution in [2.24, 2.45) is 11.7 Å². The van der Waals surface area contributed by atoms with Gasteiger partial charge in [0.15, 0.2) is 0 Å². The molecule has 2 aromatic rings. The second-order valence-corrected chi connectivity index (χ2v) is 7.03. The van der Waals surface area contributed by atoms with E-state index >= 15 is 0 Å². The van der Waals surface area contributed by atoms with Gasteiger partial charge in [0.1, 0.15) is 11.5 Å². The van der Waals surface area contributed by atoms with Gasteiger partial charge in [-0.25, -0.2) is 0 Å². The number of halogens is 1. The minimum absolute atomic E-state index is 0. The van der Waals surface area contributed by atoms with Crippen molar-refractivity contribution in [3.8, 4) is 11.5 Å². The summed E-state index contributed by atoms with van der Waals surface area (Å²) in [4.78, 5) is 14.8. The predicted octanol–water partition coefficient (Wildman–Crippen LogP) is 3.26. The highest BCUT2D eigenvalue weighted by Gasteiger charge is 2.34. The van der Waals surface area contributed by atoms with Crippen molar-refractivity contribution in [3.63, 3.8) is 0 Å². The van der Waals surface area contributed by atoms with Crippen LogP contribution in [0.15, 0.2) is 48.5 Å². The smallest absolute Gasteiger partial charge is 0.222 e. The molecule has 1 amide bonds. The van der Waals surface area contributed by atoms with Gasteiger partial charge in [-0.2, -0.15) is 0 Å². The van der Waals surface area contributed by atoms with Crippen LogP contribution in [0.3, 0.4) is 0 Å². The summed E-state index contributed by atoms with van der Waals surface area (Å²) in [6.45, 7) is 2.07. The molecule has 0 saturated carbocycles. The monoisotopic (exact) mass is 404 g/mol. The zero-order valence-corrected chi connectivity index (χ0v) is 17.3. The second kappa shape index (κ2) is 10.3. The first kappa shape index (κ1) is 22.1. The molecule has 0 aliphatic carbocycles. The van der Waals surface area contributed by atoms with Crippen LogP contribution in [0.25, 0.3) is 0 Å². The minimum Gasteiger partial charge on any atom is -0.497 e. The number of carbonyl (C=O) groups excluding carboxylic acids is 1. The van der Waals surface area contributed by atoms with E-state index in [4.69, 9.17) is 15.2 Å². The number of hydrogen-bond donors (Lipinski definition) is 1. The summed E-state index contributed by atoms with van der Waals surface area (Å²) in [5.41, 5.74) is 8.29. The Kier molecular flexibility index (Phi) is 8.15. The number of likely N-dealkylation sites (tertiary alicyclic amines) is 1. The van der Waals surface area contributed by atoms with Gasteiger partial charge in [0, 0.05) is 31.5 Å². The van der Waals surface area contributed by atoms with Crippen molar-refractivity contribution < 1.29 is 14.3 Å². The number of nitrogens with two attached hydrogens (primary N) is 1. The van der Waals surface area contributed by atoms with Gasteiger partial charge in [-0.05, 0) is 42.1 Å². The average molecular weight is 405 g/mol. The zero-order valence-electron chi connectivity index (χ0n) is 16.5. The maximum atomic E-state index is 12.8. The normalized spacial score (nSPS) is 18.5. The SMILES string of the molecule is COc1cc(CCC(=O)N2C[C@@H](CN)[C@H](c3ccccc3)C2)cc(OC)c1.Cl. The van der Waals surface area contributed by atoms with Gasteiger partial charge >= 0.3 is 0 Å². The molecule has 1 saturated heterocycles. The molecule has 1 fully saturated rings. The van der Waals surface area contributed by atoms with Crippen LogP contribution in [-0.2, 0) is 11.2 Å². The number of hydrogen-bond acceptors (Lipinski definition) is 4. The molecule has 5 nitrogen and oxygen atoms in total. The molecule has 152 valence electrons. The molecular weight excluding hydrogens is 376 g/mol. The van der Waals surface area contributed by atoms with E-state index in [2.05, 4.69) is 12.1 Å². The van der Waals surface area contributed by atoms with Gasteiger partial charge in [-0.1, -0.05) is 30.3 Å². The molecule has 0 radical (unpaired) electrons. The molecule has 0 bridgehead atoms. The van der Waals surface area contributed by atoms with Crippen LogP contribution in [0, 0.1) is 5.92 Å². The molecule has 0 aromatic heterocycles. The van der Waals surface area contributed by atoms with E-state index in [0.717, 1.165) is 30.2 Å². The first-order valence-electron chi connectivity index (χ1n) is 9.39. The number of carbonyl (C=O) groups is 1. The molecule has 2 atom stereocenters. The lowest BCUT2D eigenvalue weighted by molar-refractivity contribution is -0.130. The fraction of sp³-hybridized carbons (Fsp3) is 0.409. The molecule has 0 spiro atoms. The molecule has 1 heterocycles. The van der Waals surface area contributed by atoms with Gasteiger partial charge in [-0.3, -0.25) is 4.79 Å². The summed E-state index contributed by atoms with van der Waals surface area (Å²) in [6.07, 6.45) is 1.13. The van der Waals surface area contributed by atoms with Gasteiger partial charge in [0.25, 0.3) is 0 Å². The highest BCUT2D eigenvalue weighted by atomic mass is 35.5. The number of methoxy groups -OCH3 is 2. The average Bonchev–Trinajstić information content (AvgIpc) is 3.17. The summed E-state index contributed by atoms with van der Waals surface area (Å²) >= 11 is 0. The van der Waals surface area contributed by atoms with Crippen molar-refractivity contribution >= 4 is 18.3 Å². The fourth-order valence-corrected chi connectivity index (χ4v) is 3.81. The quantitative estimate of drug-likeness (QED) is 0.769. The van der Waals surface area contributed by atoms with E-state index < -0.39 is 0 Å². The molecular formula is C22H29ClN2O3. The van der Waals surface area contributed by atoms with Crippen molar-refractivity contribution in [3.05, 3.63) is 59.7 Å². The van der Waals surface area contributed by atoms with E-state index in [9.17, 15) is 4.79 Å². The summed E-state index contributed by atoms with van der Waals surface area (Å²) < 4.78 is 10.6. The Morgan fingerprint density at radius 3 is 2.29 bits per heavy atom. The lowest BCUT2D eigenvalue weighted by Gasteiger charge is -2.17. The van der Waals surface area contributed by atoms with E-state index in [0.29, 0.717) is 31.2 Å². The topological polar surface area (TPSA) is 64.8 Å². The summed E-state index contributed by atoms with van der Waals surface area (Å²) in [5.74, 6) is 2.29. The third-order valence-corrected chi connectivity index (χ3v) is 5.36. The lowest BCUT2D eigenvalue weighted by Crippen LogP contribution is -2.30. The summed E-state index contributed by atoms with van der Waals surface area (Å²) in [6, 6.07) is 16.1. The Morgan fingerprint density at radius 2 is 1.71 bits per heavy atom. The van der Waals surface area contributed by atoms with Gasteiger partial charge in [0.05, 0.1) is 14.2 Å². The Hall–Kier alpha value is -2.24. The van der Waals surface area contributed by atoms with Crippen molar-refractivity contribution in [1.29, 1.82) is 0 Å². The lowest BCUT2D eigenvalue weighted by atomic mass is 9.89. The number of nitrogens with zero attached hydrogens (tertiary/aromatic N) is 1. The van der Waals surface area contributed by atoms with Gasteiger partial charge in [-0.15, -0.1) is 12.4 Å². The first-order chi connectivity index (χ1) is 13.1. The highest BCUT2D eigenvalue weighted by molar-refractivity contribution is 5.85. The Balaban J connectivity index is 0.00000280. The van der Waals surface area contributed by atoms with Crippen molar-refractivity contribution in [2.45, 2.75) is 18.8 Å². The predicted molar refractivity (Wildman–Crippen MR) is 113 cm³/mol. The zero-order chi connectivity index (χ0) is 19.2. The maximum Gasteiger partial charge on any atom is 0.222 e. The second-order valence-electron chi connectivity index (χ2n) is 7.03. The number of rotatable bonds is 7. The Morgan fingerprint density at radius 1 is 1.07 bits per heavy atom. The van der Waals surface area contributed by atoms with Crippen molar-refractivity contribution in [2.75, 3.05) is 33.9 Å². The molecule has 0 unspecified atom stereocenters. The van der Waals surface area contributed by atoms with E-state index in [1.807, 2.05) is 41.3 Å². The molecule has 1 aliphatic heterocycles. The molecule has 2 aromatic carbocycles. The summed E-state index contributed by atoms with van der Waals surface area (Å²) in [5, 5.41) is 0. The third kappa shape index (κ3) is 5.18. The van der Waals surface area contributed by atoms with Crippen LogP contribution in [0.2, 0.25) is 0 Å². The number of amides is 1. The third-order valence-electron chi connectivity index (χ3n) is 5.36. The van der Waals surface area contributed by atoms with Crippen LogP contribution in [-0.4, -0.2) is 44.7 Å². The Bertz CT molecular complexity index is 747. The first-order valence-corrected chi connectivity index (χ1v) is 9.39. The number of benzene rings is 2. The maximum absolute atomic E-state index is 12.8. The van der Waals surface area contributed by atoms with Crippen LogP contribution < -0.4 is 15.2 Å². The van der Waals surface area contributed by atoms with Crippen LogP contribution in [0.5, 0.6) is 11.5 Å². The Labute approximate surface area is 173 Å². The molecule has 6 heteroatoms. The van der Waals surface area contributed by atoms with E-state index in [1.165, 1.54) is 5.56 Å². The van der Waals surface area contributed by atoms with Gasteiger partial charge in [0.2, 0.25) is 5.91 Å². The van der Waals surface area contributed by atoms with E-state index in [1.54, 1.807) is 14.2 Å². The number of aryl methyl sites for hydroxylation is 1. The largest absolute Gasteiger partial charge is 0.497 e. The standard InChI is InChI=1S/C22H28N2O3.ClH/c1-26-19-10-16(11-20(12-19)27-2)8-9-22(25)24-14-18(13-23)21(15-24)17-6-4-3-5-7-17;/h3-7,10-12,18,21H,8-9,13-15,23H2,1-2H3;1H/t18-,21+;/m1./s1. The molecule has 28 heavy (non-hydrogen) atoms. The molecule has 1 aliphatic rings. The highest BCUT2D eigenvalue weighted by Crippen LogP contribution is 2.32. The summed E-state index contributed by atoms with van der Waals surface area (Å²) in [7, 11) is 3.26. The van der Waals surface area contributed by atoms with Crippen LogP contribution >= 0.6 is 12.4 Å². The van der Waals surface area contributed by atoms with Gasteiger partial charge < -0.3 is 20.1 Å². The fourth-order valence-electron chi connectivity index (χ4n) is 3.81. The van der Waals surface area contributed by atoms with Crippen LogP contribution in [0.1, 0.15) is 23.5 Å². The molecule has 3 rings (SSSR count). The number of ether oxygens (including phenoxy) is 2. The minimum atomic E-state index is 0. The molecule has 2 N–H and O–H groups in total. The van der Waals surface area contributed by atoms with E-state index in [-0.39, 0.29) is 18.3 Å². The van der Waals surface area contributed by atoms with Crippen molar-refractivity contribution in [1.82, 2.24) is 4.90 Å². The van der Waals surface area contributed by atoms with Crippen LogP contribution in [0.4, 0.5) is 0 Å².